The van der Waals surface area contributed by atoms with Crippen LogP contribution < -0.4 is 4.74 Å². The first kappa shape index (κ1) is 15.4. The molecule has 0 spiro atoms. The molecule has 0 unspecified atom stereocenters. The molecule has 2 aromatic heterocycles. The largest absolute Gasteiger partial charge is 0.497 e. The monoisotopic (exact) mass is 377 g/mol. The third kappa shape index (κ3) is 3.62. The zero-order valence-electron chi connectivity index (χ0n) is 12.1. The van der Waals surface area contributed by atoms with Crippen molar-refractivity contribution in [2.45, 2.75) is 6.61 Å². The molecule has 0 aliphatic carbocycles. The summed E-state index contributed by atoms with van der Waals surface area (Å²) < 4.78 is 21.1. The molecule has 0 saturated heterocycles. The summed E-state index contributed by atoms with van der Waals surface area (Å²) in [4.78, 5) is 11.8. The van der Waals surface area contributed by atoms with E-state index in [2.05, 4.69) is 21.1 Å². The highest BCUT2D eigenvalue weighted by Crippen LogP contribution is 2.23. The number of carbonyl (C=O) groups excluding carboxylic acids is 1. The second-order valence-electron chi connectivity index (χ2n) is 4.59. The van der Waals surface area contributed by atoms with E-state index in [9.17, 15) is 4.79 Å². The number of aromatic nitrogens is 1. The second kappa shape index (κ2) is 6.70. The van der Waals surface area contributed by atoms with Gasteiger partial charge in [-0.25, -0.2) is 4.79 Å². The van der Waals surface area contributed by atoms with Gasteiger partial charge < -0.3 is 18.4 Å². The Morgan fingerprint density at radius 3 is 2.65 bits per heavy atom. The number of halogens is 1. The lowest BCUT2D eigenvalue weighted by Gasteiger charge is -1.99. The van der Waals surface area contributed by atoms with E-state index in [-0.39, 0.29) is 12.4 Å². The van der Waals surface area contributed by atoms with Crippen molar-refractivity contribution in [3.8, 4) is 17.1 Å². The highest BCUT2D eigenvalue weighted by atomic mass is 79.9. The predicted octanol–water partition coefficient (Wildman–Crippen LogP) is 4.06. The summed E-state index contributed by atoms with van der Waals surface area (Å²) in [5.41, 5.74) is 1.36. The van der Waals surface area contributed by atoms with Crippen LogP contribution in [0.4, 0.5) is 0 Å². The highest BCUT2D eigenvalue weighted by molar-refractivity contribution is 9.10. The fourth-order valence-corrected chi connectivity index (χ4v) is 2.21. The zero-order valence-corrected chi connectivity index (χ0v) is 13.7. The van der Waals surface area contributed by atoms with Gasteiger partial charge in [-0.15, -0.1) is 0 Å². The van der Waals surface area contributed by atoms with Crippen LogP contribution in [0.2, 0.25) is 0 Å². The number of hydrogen-bond acceptors (Lipinski definition) is 6. The molecular weight excluding hydrogens is 366 g/mol. The molecule has 0 atom stereocenters. The predicted molar refractivity (Wildman–Crippen MR) is 84.0 cm³/mol. The smallest absolute Gasteiger partial charge is 0.374 e. The summed E-state index contributed by atoms with van der Waals surface area (Å²) in [6.07, 6.45) is 0. The molecule has 0 saturated carbocycles. The van der Waals surface area contributed by atoms with Gasteiger partial charge >= 0.3 is 5.97 Å². The number of rotatable bonds is 5. The zero-order chi connectivity index (χ0) is 16.2. The number of nitrogens with zero attached hydrogens (tertiary/aromatic N) is 1. The van der Waals surface area contributed by atoms with Gasteiger partial charge in [0.1, 0.15) is 18.1 Å². The van der Waals surface area contributed by atoms with E-state index in [1.54, 1.807) is 19.2 Å². The molecule has 23 heavy (non-hydrogen) atoms. The number of esters is 1. The Kier molecular flexibility index (Phi) is 4.47. The first-order valence-corrected chi connectivity index (χ1v) is 7.47. The van der Waals surface area contributed by atoms with Gasteiger partial charge in [-0.3, -0.25) is 0 Å². The van der Waals surface area contributed by atoms with Crippen LogP contribution in [-0.2, 0) is 11.3 Å². The van der Waals surface area contributed by atoms with Crippen molar-refractivity contribution < 1.29 is 23.2 Å². The van der Waals surface area contributed by atoms with Crippen molar-refractivity contribution in [2.24, 2.45) is 0 Å². The summed E-state index contributed by atoms with van der Waals surface area (Å²) in [5.74, 6) is 0.895. The van der Waals surface area contributed by atoms with E-state index in [0.717, 1.165) is 11.3 Å². The summed E-state index contributed by atoms with van der Waals surface area (Å²) in [5, 5.41) is 3.88. The lowest BCUT2D eigenvalue weighted by molar-refractivity contribution is 0.0426. The van der Waals surface area contributed by atoms with E-state index in [1.165, 1.54) is 6.07 Å². The lowest BCUT2D eigenvalue weighted by atomic mass is 10.1. The van der Waals surface area contributed by atoms with Crippen molar-refractivity contribution in [1.29, 1.82) is 0 Å². The van der Waals surface area contributed by atoms with Crippen LogP contribution in [0.15, 0.2) is 56.1 Å². The SMILES string of the molecule is COc1ccc(-c2cc(COC(=O)c3ccc(Br)o3)no2)cc1. The Balaban J connectivity index is 1.63. The molecule has 1 aromatic carbocycles. The average molecular weight is 378 g/mol. The third-order valence-electron chi connectivity index (χ3n) is 3.06. The van der Waals surface area contributed by atoms with Crippen molar-refractivity contribution in [3.63, 3.8) is 0 Å². The molecule has 0 aliphatic heterocycles. The van der Waals surface area contributed by atoms with Crippen LogP contribution >= 0.6 is 15.9 Å². The van der Waals surface area contributed by atoms with Crippen LogP contribution in [0, 0.1) is 0 Å². The standard InChI is InChI=1S/C16H12BrNO5/c1-20-12-4-2-10(3-5-12)14-8-11(18-23-14)9-21-16(19)13-6-7-15(17)22-13/h2-8H,9H2,1H3. The highest BCUT2D eigenvalue weighted by Gasteiger charge is 2.14. The van der Waals surface area contributed by atoms with Crippen LogP contribution in [0.1, 0.15) is 16.2 Å². The maximum atomic E-state index is 11.8. The molecule has 0 amide bonds. The topological polar surface area (TPSA) is 74.7 Å². The number of hydrogen-bond donors (Lipinski definition) is 0. The fourth-order valence-electron chi connectivity index (χ4n) is 1.91. The lowest BCUT2D eigenvalue weighted by Crippen LogP contribution is -2.03. The summed E-state index contributed by atoms with van der Waals surface area (Å²) in [6, 6.07) is 12.2. The summed E-state index contributed by atoms with van der Waals surface area (Å²) in [6.45, 7) is -0.00317. The Hall–Kier alpha value is -2.54. The molecule has 2 heterocycles. The molecule has 6 nitrogen and oxygen atoms in total. The normalized spacial score (nSPS) is 10.5. The quantitative estimate of drug-likeness (QED) is 0.624. The van der Waals surface area contributed by atoms with Gasteiger partial charge in [0.15, 0.2) is 10.4 Å². The van der Waals surface area contributed by atoms with E-state index < -0.39 is 5.97 Å². The van der Waals surface area contributed by atoms with Crippen molar-refractivity contribution >= 4 is 21.9 Å². The Labute approximate surface area is 140 Å². The van der Waals surface area contributed by atoms with Crippen LogP contribution in [0.3, 0.4) is 0 Å². The van der Waals surface area contributed by atoms with E-state index in [1.807, 2.05) is 24.3 Å². The molecule has 7 heteroatoms. The van der Waals surface area contributed by atoms with Crippen LogP contribution in [0.25, 0.3) is 11.3 Å². The fraction of sp³-hybridized carbons (Fsp3) is 0.125. The maximum absolute atomic E-state index is 11.8. The maximum Gasteiger partial charge on any atom is 0.374 e. The number of methoxy groups -OCH3 is 1. The minimum atomic E-state index is -0.565. The Bertz CT molecular complexity index is 806. The van der Waals surface area contributed by atoms with Gasteiger partial charge in [-0.1, -0.05) is 5.16 Å². The van der Waals surface area contributed by atoms with Gasteiger partial charge in [-0.05, 0) is 52.3 Å². The molecular formula is C16H12BrNO5. The first-order chi connectivity index (χ1) is 11.2. The van der Waals surface area contributed by atoms with Crippen LogP contribution in [-0.4, -0.2) is 18.2 Å². The molecule has 0 fully saturated rings. The van der Waals surface area contributed by atoms with E-state index in [0.29, 0.717) is 16.1 Å². The van der Waals surface area contributed by atoms with Crippen molar-refractivity contribution in [1.82, 2.24) is 5.16 Å². The molecule has 3 aromatic rings. The van der Waals surface area contributed by atoms with Gasteiger partial charge in [-0.2, -0.15) is 0 Å². The van der Waals surface area contributed by atoms with Crippen LogP contribution in [0.5, 0.6) is 5.75 Å². The third-order valence-corrected chi connectivity index (χ3v) is 3.49. The molecule has 3 rings (SSSR count). The van der Waals surface area contributed by atoms with Crippen molar-refractivity contribution in [3.05, 3.63) is 58.6 Å². The number of benzene rings is 1. The molecule has 0 N–H and O–H groups in total. The number of furan rings is 1. The van der Waals surface area contributed by atoms with Gasteiger partial charge in [0.05, 0.1) is 7.11 Å². The molecule has 0 aliphatic rings. The Morgan fingerprint density at radius 2 is 2.00 bits per heavy atom. The van der Waals surface area contributed by atoms with E-state index >= 15 is 0 Å². The first-order valence-electron chi connectivity index (χ1n) is 6.68. The number of carbonyl (C=O) groups is 1. The average Bonchev–Trinajstić information content (AvgIpc) is 3.22. The Morgan fingerprint density at radius 1 is 1.22 bits per heavy atom. The van der Waals surface area contributed by atoms with Gasteiger partial charge in [0.2, 0.25) is 5.76 Å². The van der Waals surface area contributed by atoms with Crippen molar-refractivity contribution in [2.75, 3.05) is 7.11 Å². The summed E-state index contributed by atoms with van der Waals surface area (Å²) in [7, 11) is 1.60. The minimum Gasteiger partial charge on any atom is -0.497 e. The summed E-state index contributed by atoms with van der Waals surface area (Å²) >= 11 is 3.13. The van der Waals surface area contributed by atoms with Gasteiger partial charge in [0, 0.05) is 11.6 Å². The molecule has 0 radical (unpaired) electrons. The second-order valence-corrected chi connectivity index (χ2v) is 5.37. The molecule has 0 bridgehead atoms. The van der Waals surface area contributed by atoms with E-state index in [4.69, 9.17) is 18.4 Å². The minimum absolute atomic E-state index is 0.00317. The van der Waals surface area contributed by atoms with Gasteiger partial charge in [0.25, 0.3) is 0 Å². The number of ether oxygens (including phenoxy) is 2. The molecule has 118 valence electrons.